The summed E-state index contributed by atoms with van der Waals surface area (Å²) < 4.78 is 14.3. The van der Waals surface area contributed by atoms with E-state index in [0.29, 0.717) is 24.4 Å². The Morgan fingerprint density at radius 3 is 3.04 bits per heavy atom. The number of amides is 1. The summed E-state index contributed by atoms with van der Waals surface area (Å²) in [6.07, 6.45) is 5.21. The first kappa shape index (κ1) is 18.3. The number of benzene rings is 1. The molecule has 0 bridgehead atoms. The first-order valence-electron chi connectivity index (χ1n) is 8.80. The number of rotatable bonds is 4. The van der Waals surface area contributed by atoms with Crippen LogP contribution in [-0.4, -0.2) is 38.8 Å². The number of nitrogens with one attached hydrogen (secondary N) is 1. The molecule has 1 amide bonds. The van der Waals surface area contributed by atoms with Crippen molar-refractivity contribution in [3.8, 4) is 0 Å². The zero-order valence-corrected chi connectivity index (χ0v) is 15.7. The Morgan fingerprint density at radius 2 is 2.21 bits per heavy atom. The largest absolute Gasteiger partial charge is 0.338 e. The fraction of sp³-hybridized carbons (Fsp3) is 0.200. The molecule has 3 aromatic rings. The van der Waals surface area contributed by atoms with Crippen LogP contribution < -0.4 is 5.32 Å². The number of hydrogen-bond donors (Lipinski definition) is 1. The molecule has 8 heteroatoms. The molecule has 1 saturated heterocycles. The van der Waals surface area contributed by atoms with Crippen LogP contribution >= 0.6 is 11.6 Å². The lowest BCUT2D eigenvalue weighted by Crippen LogP contribution is -2.26. The van der Waals surface area contributed by atoms with Gasteiger partial charge in [-0.2, -0.15) is 0 Å². The fourth-order valence-electron chi connectivity index (χ4n) is 3.36. The molecule has 1 atom stereocenters. The SMILES string of the molecule is C=CC(=O)N1CC[C@H](c2cc3c(Nc4cccc(Cl)c4F)ncnc3cn2)C1. The average molecular weight is 398 g/mol. The van der Waals surface area contributed by atoms with Crippen molar-refractivity contribution < 1.29 is 9.18 Å². The monoisotopic (exact) mass is 397 g/mol. The van der Waals surface area contributed by atoms with Gasteiger partial charge in [0.25, 0.3) is 0 Å². The topological polar surface area (TPSA) is 71.0 Å². The third kappa shape index (κ3) is 3.41. The molecule has 2 aromatic heterocycles. The molecule has 0 unspecified atom stereocenters. The number of anilines is 2. The van der Waals surface area contributed by atoms with Gasteiger partial charge in [0.2, 0.25) is 5.91 Å². The minimum atomic E-state index is -0.542. The molecular weight excluding hydrogens is 381 g/mol. The number of aromatic nitrogens is 3. The van der Waals surface area contributed by atoms with Crippen molar-refractivity contribution in [3.05, 3.63) is 66.0 Å². The van der Waals surface area contributed by atoms with Gasteiger partial charge in [0.15, 0.2) is 5.82 Å². The van der Waals surface area contributed by atoms with Gasteiger partial charge in [-0.1, -0.05) is 24.2 Å². The van der Waals surface area contributed by atoms with Crippen molar-refractivity contribution in [2.75, 3.05) is 18.4 Å². The molecule has 1 aromatic carbocycles. The molecule has 0 spiro atoms. The van der Waals surface area contributed by atoms with Gasteiger partial charge in [0.05, 0.1) is 22.4 Å². The number of likely N-dealkylation sites (tertiary alicyclic amines) is 1. The Labute approximate surface area is 166 Å². The van der Waals surface area contributed by atoms with Crippen molar-refractivity contribution >= 4 is 39.9 Å². The third-order valence-electron chi connectivity index (χ3n) is 4.84. The van der Waals surface area contributed by atoms with Crippen LogP contribution in [-0.2, 0) is 4.79 Å². The highest BCUT2D eigenvalue weighted by molar-refractivity contribution is 6.31. The van der Waals surface area contributed by atoms with Gasteiger partial charge >= 0.3 is 0 Å². The van der Waals surface area contributed by atoms with Gasteiger partial charge in [0, 0.05) is 30.1 Å². The predicted molar refractivity (Wildman–Crippen MR) is 106 cm³/mol. The second-order valence-electron chi connectivity index (χ2n) is 6.55. The Bertz CT molecular complexity index is 1070. The molecule has 142 valence electrons. The van der Waals surface area contributed by atoms with Crippen molar-refractivity contribution in [2.45, 2.75) is 12.3 Å². The Morgan fingerprint density at radius 1 is 1.36 bits per heavy atom. The predicted octanol–water partition coefficient (Wildman–Crippen LogP) is 4.06. The lowest BCUT2D eigenvalue weighted by Gasteiger charge is -2.15. The van der Waals surface area contributed by atoms with E-state index in [4.69, 9.17) is 11.6 Å². The van der Waals surface area contributed by atoms with E-state index in [1.807, 2.05) is 6.07 Å². The number of halogens is 2. The first-order chi connectivity index (χ1) is 13.6. The molecule has 0 aliphatic carbocycles. The van der Waals surface area contributed by atoms with E-state index in [0.717, 1.165) is 17.5 Å². The second kappa shape index (κ2) is 7.52. The normalized spacial score (nSPS) is 16.4. The molecule has 3 heterocycles. The number of carbonyl (C=O) groups is 1. The minimum absolute atomic E-state index is 0.0312. The summed E-state index contributed by atoms with van der Waals surface area (Å²) >= 11 is 5.86. The lowest BCUT2D eigenvalue weighted by atomic mass is 10.0. The third-order valence-corrected chi connectivity index (χ3v) is 5.13. The van der Waals surface area contributed by atoms with Gasteiger partial charge < -0.3 is 10.2 Å². The summed E-state index contributed by atoms with van der Waals surface area (Å²) in [6, 6.07) is 6.63. The van der Waals surface area contributed by atoms with Crippen LogP contribution in [0.3, 0.4) is 0 Å². The molecule has 4 rings (SSSR count). The van der Waals surface area contributed by atoms with Crippen LogP contribution in [0.1, 0.15) is 18.0 Å². The number of hydrogen-bond acceptors (Lipinski definition) is 5. The molecule has 1 aliphatic rings. The summed E-state index contributed by atoms with van der Waals surface area (Å²) in [5.74, 6) is -0.0407. The van der Waals surface area contributed by atoms with Gasteiger partial charge in [0.1, 0.15) is 12.1 Å². The summed E-state index contributed by atoms with van der Waals surface area (Å²) in [6.45, 7) is 4.79. The molecule has 28 heavy (non-hydrogen) atoms. The standard InChI is InChI=1S/C20H17ClFN5O/c1-2-18(28)27-7-6-12(10-27)16-8-13-17(9-23-16)24-11-25-20(13)26-15-5-3-4-14(21)19(15)22/h2-5,8-9,11-12H,1,6-7,10H2,(H,24,25,26)/t12-/m0/s1. The Kier molecular flexibility index (Phi) is 4.92. The highest BCUT2D eigenvalue weighted by Gasteiger charge is 2.27. The maximum Gasteiger partial charge on any atom is 0.245 e. The molecule has 0 radical (unpaired) electrons. The highest BCUT2D eigenvalue weighted by Crippen LogP contribution is 2.31. The zero-order valence-electron chi connectivity index (χ0n) is 14.9. The van der Waals surface area contributed by atoms with Crippen LogP contribution in [0.15, 0.2) is 49.4 Å². The molecule has 0 saturated carbocycles. The number of fused-ring (bicyclic) bond motifs is 1. The number of nitrogens with zero attached hydrogens (tertiary/aromatic N) is 4. The van der Waals surface area contributed by atoms with Crippen molar-refractivity contribution in [1.29, 1.82) is 0 Å². The molecule has 1 fully saturated rings. The van der Waals surface area contributed by atoms with Crippen molar-refractivity contribution in [1.82, 2.24) is 19.9 Å². The molecular formula is C20H17ClFN5O. The smallest absolute Gasteiger partial charge is 0.245 e. The Balaban J connectivity index is 1.67. The van der Waals surface area contributed by atoms with Crippen molar-refractivity contribution in [2.24, 2.45) is 0 Å². The van der Waals surface area contributed by atoms with E-state index in [1.165, 1.54) is 18.5 Å². The second-order valence-corrected chi connectivity index (χ2v) is 6.96. The van der Waals surface area contributed by atoms with Gasteiger partial charge in [-0.3, -0.25) is 9.78 Å². The Hall–Kier alpha value is -3.06. The van der Waals surface area contributed by atoms with Gasteiger partial charge in [-0.15, -0.1) is 0 Å². The van der Waals surface area contributed by atoms with Crippen LogP contribution in [0.25, 0.3) is 10.9 Å². The average Bonchev–Trinajstić information content (AvgIpc) is 3.21. The van der Waals surface area contributed by atoms with Crippen LogP contribution in [0.2, 0.25) is 5.02 Å². The van der Waals surface area contributed by atoms with E-state index >= 15 is 0 Å². The maximum absolute atomic E-state index is 14.3. The zero-order chi connectivity index (χ0) is 19.7. The van der Waals surface area contributed by atoms with E-state index in [9.17, 15) is 9.18 Å². The molecule has 6 nitrogen and oxygen atoms in total. The minimum Gasteiger partial charge on any atom is -0.338 e. The van der Waals surface area contributed by atoms with Crippen LogP contribution in [0.4, 0.5) is 15.9 Å². The summed E-state index contributed by atoms with van der Waals surface area (Å²) in [5, 5.41) is 3.75. The lowest BCUT2D eigenvalue weighted by molar-refractivity contribution is -0.125. The highest BCUT2D eigenvalue weighted by atomic mass is 35.5. The van der Waals surface area contributed by atoms with Crippen LogP contribution in [0.5, 0.6) is 0 Å². The van der Waals surface area contributed by atoms with Gasteiger partial charge in [-0.05, 0) is 30.7 Å². The number of pyridine rings is 1. The molecule has 1 aliphatic heterocycles. The summed E-state index contributed by atoms with van der Waals surface area (Å²) in [5.41, 5.74) is 1.71. The first-order valence-corrected chi connectivity index (χ1v) is 9.17. The fourth-order valence-corrected chi connectivity index (χ4v) is 3.53. The van der Waals surface area contributed by atoms with E-state index < -0.39 is 5.82 Å². The molecule has 1 N–H and O–H groups in total. The van der Waals surface area contributed by atoms with E-state index in [1.54, 1.807) is 23.2 Å². The van der Waals surface area contributed by atoms with Crippen molar-refractivity contribution in [3.63, 3.8) is 0 Å². The number of carbonyl (C=O) groups excluding carboxylic acids is 1. The summed E-state index contributed by atoms with van der Waals surface area (Å²) in [4.78, 5) is 26.6. The van der Waals surface area contributed by atoms with Gasteiger partial charge in [-0.25, -0.2) is 14.4 Å². The summed E-state index contributed by atoms with van der Waals surface area (Å²) in [7, 11) is 0. The maximum atomic E-state index is 14.3. The van der Waals surface area contributed by atoms with E-state index in [-0.39, 0.29) is 22.5 Å². The van der Waals surface area contributed by atoms with Crippen LogP contribution in [0, 0.1) is 5.82 Å². The van der Waals surface area contributed by atoms with E-state index in [2.05, 4.69) is 26.8 Å². The quantitative estimate of drug-likeness (QED) is 0.672.